The predicted molar refractivity (Wildman–Crippen MR) is 123 cm³/mol. The second-order valence-corrected chi connectivity index (χ2v) is 6.49. The molecular formula is C19H29IN8. The SMILES string of the molecule is CN=C(NCCCCn1cnnc1)NCCCn1c(C)nc2ccccc21.I. The van der Waals surface area contributed by atoms with Crippen LogP contribution in [-0.2, 0) is 13.1 Å². The first kappa shape index (κ1) is 22.1. The Labute approximate surface area is 182 Å². The molecular weight excluding hydrogens is 467 g/mol. The van der Waals surface area contributed by atoms with Crippen LogP contribution in [0.2, 0.25) is 0 Å². The van der Waals surface area contributed by atoms with Crippen molar-refractivity contribution in [2.75, 3.05) is 20.1 Å². The molecule has 0 atom stereocenters. The highest BCUT2D eigenvalue weighted by Gasteiger charge is 2.06. The van der Waals surface area contributed by atoms with Crippen molar-refractivity contribution in [3.05, 3.63) is 42.7 Å². The van der Waals surface area contributed by atoms with Gasteiger partial charge >= 0.3 is 0 Å². The van der Waals surface area contributed by atoms with Crippen molar-refractivity contribution in [3.8, 4) is 0 Å². The summed E-state index contributed by atoms with van der Waals surface area (Å²) in [6.07, 6.45) is 6.65. The first-order valence-electron chi connectivity index (χ1n) is 9.46. The lowest BCUT2D eigenvalue weighted by atomic mass is 10.3. The summed E-state index contributed by atoms with van der Waals surface area (Å²) in [5, 5.41) is 14.4. The van der Waals surface area contributed by atoms with Crippen LogP contribution in [0.1, 0.15) is 25.1 Å². The van der Waals surface area contributed by atoms with E-state index in [1.807, 2.05) is 10.6 Å². The highest BCUT2D eigenvalue weighted by molar-refractivity contribution is 14.0. The van der Waals surface area contributed by atoms with E-state index < -0.39 is 0 Å². The zero-order chi connectivity index (χ0) is 18.9. The van der Waals surface area contributed by atoms with Crippen LogP contribution in [0.25, 0.3) is 11.0 Å². The van der Waals surface area contributed by atoms with Crippen LogP contribution in [0.4, 0.5) is 0 Å². The first-order valence-corrected chi connectivity index (χ1v) is 9.46. The van der Waals surface area contributed by atoms with E-state index in [0.717, 1.165) is 62.7 Å². The third-order valence-electron chi connectivity index (χ3n) is 4.52. The fourth-order valence-corrected chi connectivity index (χ4v) is 3.11. The second-order valence-electron chi connectivity index (χ2n) is 6.49. The van der Waals surface area contributed by atoms with Gasteiger partial charge in [-0.05, 0) is 38.3 Å². The fraction of sp³-hybridized carbons (Fsp3) is 0.474. The van der Waals surface area contributed by atoms with Gasteiger partial charge in [0.1, 0.15) is 18.5 Å². The summed E-state index contributed by atoms with van der Waals surface area (Å²) in [6.45, 7) is 5.71. The largest absolute Gasteiger partial charge is 0.356 e. The first-order chi connectivity index (χ1) is 13.3. The van der Waals surface area contributed by atoms with Crippen LogP contribution >= 0.6 is 24.0 Å². The second kappa shape index (κ2) is 11.6. The van der Waals surface area contributed by atoms with Gasteiger partial charge in [0.25, 0.3) is 0 Å². The lowest BCUT2D eigenvalue weighted by molar-refractivity contribution is 0.593. The van der Waals surface area contributed by atoms with E-state index in [1.165, 1.54) is 5.52 Å². The normalized spacial score (nSPS) is 11.4. The molecule has 0 aliphatic heterocycles. The van der Waals surface area contributed by atoms with Crippen molar-refractivity contribution >= 4 is 41.0 Å². The Kier molecular flexibility index (Phi) is 9.18. The number of aromatic nitrogens is 5. The molecule has 0 spiro atoms. The van der Waals surface area contributed by atoms with Gasteiger partial charge in [-0.25, -0.2) is 4.98 Å². The monoisotopic (exact) mass is 496 g/mol. The lowest BCUT2D eigenvalue weighted by Gasteiger charge is -2.12. The number of aryl methyl sites for hydroxylation is 3. The average Bonchev–Trinajstić information content (AvgIpc) is 3.30. The maximum Gasteiger partial charge on any atom is 0.190 e. The van der Waals surface area contributed by atoms with E-state index in [4.69, 9.17) is 0 Å². The predicted octanol–water partition coefficient (Wildman–Crippen LogP) is 2.59. The van der Waals surface area contributed by atoms with Crippen molar-refractivity contribution in [1.29, 1.82) is 0 Å². The molecule has 0 unspecified atom stereocenters. The Morgan fingerprint density at radius 2 is 1.71 bits per heavy atom. The third kappa shape index (κ3) is 6.18. The van der Waals surface area contributed by atoms with E-state index in [9.17, 15) is 0 Å². The summed E-state index contributed by atoms with van der Waals surface area (Å²) in [6, 6.07) is 8.28. The van der Waals surface area contributed by atoms with E-state index in [0.29, 0.717) is 0 Å². The summed E-state index contributed by atoms with van der Waals surface area (Å²) in [7, 11) is 1.81. The Morgan fingerprint density at radius 1 is 1.00 bits per heavy atom. The number of nitrogens with zero attached hydrogens (tertiary/aromatic N) is 6. The van der Waals surface area contributed by atoms with Gasteiger partial charge in [0.15, 0.2) is 5.96 Å². The number of nitrogens with one attached hydrogen (secondary N) is 2. The number of imidazole rings is 1. The van der Waals surface area contributed by atoms with Gasteiger partial charge in [-0.2, -0.15) is 0 Å². The molecule has 8 nitrogen and oxygen atoms in total. The van der Waals surface area contributed by atoms with Crippen LogP contribution < -0.4 is 10.6 Å². The van der Waals surface area contributed by atoms with Crippen LogP contribution in [0.3, 0.4) is 0 Å². The third-order valence-corrected chi connectivity index (χ3v) is 4.52. The summed E-state index contributed by atoms with van der Waals surface area (Å²) in [5.74, 6) is 1.92. The Morgan fingerprint density at radius 3 is 2.46 bits per heavy atom. The molecule has 0 bridgehead atoms. The number of halogens is 1. The highest BCUT2D eigenvalue weighted by Crippen LogP contribution is 2.15. The molecule has 0 aliphatic rings. The van der Waals surface area contributed by atoms with Crippen molar-refractivity contribution in [2.24, 2.45) is 4.99 Å². The molecule has 0 aliphatic carbocycles. The molecule has 0 radical (unpaired) electrons. The van der Waals surface area contributed by atoms with E-state index in [-0.39, 0.29) is 24.0 Å². The minimum Gasteiger partial charge on any atom is -0.356 e. The van der Waals surface area contributed by atoms with Gasteiger partial charge in [-0.1, -0.05) is 12.1 Å². The summed E-state index contributed by atoms with van der Waals surface area (Å²) >= 11 is 0. The number of guanidine groups is 1. The molecule has 2 N–H and O–H groups in total. The average molecular weight is 496 g/mol. The number of fused-ring (bicyclic) bond motifs is 1. The number of aliphatic imine (C=N–C) groups is 1. The number of hydrogen-bond acceptors (Lipinski definition) is 4. The van der Waals surface area contributed by atoms with Crippen molar-refractivity contribution < 1.29 is 0 Å². The fourth-order valence-electron chi connectivity index (χ4n) is 3.11. The zero-order valence-electron chi connectivity index (χ0n) is 16.5. The van der Waals surface area contributed by atoms with Crippen LogP contribution in [0.15, 0.2) is 41.9 Å². The number of benzene rings is 1. The smallest absolute Gasteiger partial charge is 0.190 e. The Hall–Kier alpha value is -2.17. The van der Waals surface area contributed by atoms with Gasteiger partial charge < -0.3 is 19.8 Å². The van der Waals surface area contributed by atoms with Gasteiger partial charge in [0.2, 0.25) is 0 Å². The molecule has 3 rings (SSSR count). The van der Waals surface area contributed by atoms with Crippen molar-refractivity contribution in [3.63, 3.8) is 0 Å². The highest BCUT2D eigenvalue weighted by atomic mass is 127. The van der Waals surface area contributed by atoms with Crippen molar-refractivity contribution in [1.82, 2.24) is 34.9 Å². The Balaban J connectivity index is 0.00000280. The van der Waals surface area contributed by atoms with Crippen molar-refractivity contribution in [2.45, 2.75) is 39.3 Å². The number of rotatable bonds is 9. The number of unbranched alkanes of at least 4 members (excludes halogenated alkanes) is 1. The van der Waals surface area contributed by atoms with E-state index in [1.54, 1.807) is 19.7 Å². The van der Waals surface area contributed by atoms with Gasteiger partial charge in [0.05, 0.1) is 11.0 Å². The van der Waals surface area contributed by atoms with E-state index in [2.05, 4.69) is 60.5 Å². The molecule has 9 heteroatoms. The quantitative estimate of drug-likeness (QED) is 0.206. The molecule has 0 amide bonds. The summed E-state index contributed by atoms with van der Waals surface area (Å²) < 4.78 is 4.27. The maximum absolute atomic E-state index is 4.62. The lowest BCUT2D eigenvalue weighted by Crippen LogP contribution is -2.38. The van der Waals surface area contributed by atoms with Gasteiger partial charge in [0, 0.05) is 33.2 Å². The van der Waals surface area contributed by atoms with E-state index >= 15 is 0 Å². The molecule has 1 aromatic carbocycles. The van der Waals surface area contributed by atoms with Gasteiger partial charge in [-0.15, -0.1) is 34.2 Å². The van der Waals surface area contributed by atoms with Crippen LogP contribution in [0.5, 0.6) is 0 Å². The molecule has 2 aromatic heterocycles. The zero-order valence-corrected chi connectivity index (χ0v) is 18.8. The van der Waals surface area contributed by atoms with Crippen LogP contribution in [-0.4, -0.2) is 50.4 Å². The van der Waals surface area contributed by atoms with Gasteiger partial charge in [-0.3, -0.25) is 4.99 Å². The molecule has 0 fully saturated rings. The maximum atomic E-state index is 4.62. The molecule has 2 heterocycles. The molecule has 152 valence electrons. The summed E-state index contributed by atoms with van der Waals surface area (Å²) in [5.41, 5.74) is 2.26. The standard InChI is InChI=1S/C19H28N8.HI/c1-16-25-17-8-3-4-9-18(17)27(16)13-7-11-22-19(20-2)21-10-5-6-12-26-14-23-24-15-26;/h3-4,8-9,14-15H,5-7,10-13H2,1-2H3,(H2,20,21,22);1H. The number of hydrogen-bond donors (Lipinski definition) is 2. The topological polar surface area (TPSA) is 85.0 Å². The minimum atomic E-state index is 0. The number of para-hydroxylation sites is 2. The molecule has 0 saturated carbocycles. The summed E-state index contributed by atoms with van der Waals surface area (Å²) in [4.78, 5) is 8.90. The molecule has 28 heavy (non-hydrogen) atoms. The molecule has 0 saturated heterocycles. The minimum absolute atomic E-state index is 0. The molecule has 3 aromatic rings. The van der Waals surface area contributed by atoms with Crippen LogP contribution in [0, 0.1) is 6.92 Å². The Bertz CT molecular complexity index is 856.